The Morgan fingerprint density at radius 2 is 1.68 bits per heavy atom. The van der Waals surface area contributed by atoms with Crippen LogP contribution in [0.5, 0.6) is 0 Å². The smallest absolute Gasteiger partial charge is 0.312 e. The van der Waals surface area contributed by atoms with Gasteiger partial charge in [-0.25, -0.2) is 0 Å². The van der Waals surface area contributed by atoms with E-state index in [4.69, 9.17) is 0 Å². The Morgan fingerprint density at radius 1 is 1.00 bits per heavy atom. The molecule has 2 saturated heterocycles. The molecule has 19 heavy (non-hydrogen) atoms. The van der Waals surface area contributed by atoms with Crippen molar-refractivity contribution in [1.82, 2.24) is 15.1 Å². The highest BCUT2D eigenvalue weighted by atomic mass is 16.3. The van der Waals surface area contributed by atoms with Crippen LogP contribution in [0, 0.1) is 11.8 Å². The Kier molecular flexibility index (Phi) is 3.45. The van der Waals surface area contributed by atoms with Gasteiger partial charge in [-0.05, 0) is 18.8 Å². The van der Waals surface area contributed by atoms with Crippen LogP contribution in [-0.2, 0) is 9.59 Å². The maximum atomic E-state index is 12.2. The third-order valence-corrected chi connectivity index (χ3v) is 4.69. The van der Waals surface area contributed by atoms with E-state index in [0.29, 0.717) is 32.1 Å². The SMILES string of the molecule is O=C(C(=O)N1CC2CCC(O)C2C1)N1CCNCC1. The number of fused-ring (bicyclic) bond motifs is 1. The molecule has 2 N–H and O–H groups in total. The molecule has 106 valence electrons. The van der Waals surface area contributed by atoms with Crippen molar-refractivity contribution in [2.45, 2.75) is 18.9 Å². The van der Waals surface area contributed by atoms with Gasteiger partial charge in [-0.3, -0.25) is 9.59 Å². The number of nitrogens with zero attached hydrogens (tertiary/aromatic N) is 2. The first-order valence-electron chi connectivity index (χ1n) is 7.14. The summed E-state index contributed by atoms with van der Waals surface area (Å²) in [5, 5.41) is 13.0. The van der Waals surface area contributed by atoms with E-state index in [1.165, 1.54) is 0 Å². The molecule has 2 amide bonds. The lowest BCUT2D eigenvalue weighted by Gasteiger charge is -2.28. The maximum absolute atomic E-state index is 12.2. The molecular formula is C13H21N3O3. The van der Waals surface area contributed by atoms with Gasteiger partial charge in [-0.15, -0.1) is 0 Å². The molecule has 0 aromatic carbocycles. The summed E-state index contributed by atoms with van der Waals surface area (Å²) in [5.74, 6) is -0.200. The molecule has 2 heterocycles. The van der Waals surface area contributed by atoms with E-state index < -0.39 is 0 Å². The Bertz CT molecular complexity index is 381. The molecule has 0 aromatic rings. The van der Waals surface area contributed by atoms with Crippen molar-refractivity contribution >= 4 is 11.8 Å². The molecule has 1 aliphatic carbocycles. The van der Waals surface area contributed by atoms with E-state index in [1.807, 2.05) is 0 Å². The van der Waals surface area contributed by atoms with E-state index in [0.717, 1.165) is 25.9 Å². The molecule has 1 saturated carbocycles. The van der Waals surface area contributed by atoms with Gasteiger partial charge in [0.1, 0.15) is 0 Å². The molecule has 3 atom stereocenters. The zero-order chi connectivity index (χ0) is 13.4. The predicted octanol–water partition coefficient (Wildman–Crippen LogP) is -1.35. The van der Waals surface area contributed by atoms with Gasteiger partial charge in [0.15, 0.2) is 0 Å². The number of rotatable bonds is 0. The summed E-state index contributed by atoms with van der Waals surface area (Å²) in [6.07, 6.45) is 1.51. The number of carbonyl (C=O) groups is 2. The minimum Gasteiger partial charge on any atom is -0.393 e. The molecule has 6 heteroatoms. The highest BCUT2D eigenvalue weighted by Crippen LogP contribution is 2.38. The zero-order valence-electron chi connectivity index (χ0n) is 11.0. The van der Waals surface area contributed by atoms with Crippen molar-refractivity contribution in [3.05, 3.63) is 0 Å². The number of amides is 2. The first kappa shape index (κ1) is 12.9. The molecule has 0 spiro atoms. The van der Waals surface area contributed by atoms with Crippen LogP contribution in [0.25, 0.3) is 0 Å². The highest BCUT2D eigenvalue weighted by Gasteiger charge is 2.44. The van der Waals surface area contributed by atoms with Gasteiger partial charge >= 0.3 is 11.8 Å². The van der Waals surface area contributed by atoms with Gasteiger partial charge in [0.05, 0.1) is 6.10 Å². The van der Waals surface area contributed by atoms with Crippen LogP contribution in [0.2, 0.25) is 0 Å². The topological polar surface area (TPSA) is 72.9 Å². The number of likely N-dealkylation sites (tertiary alicyclic amines) is 1. The lowest BCUT2D eigenvalue weighted by Crippen LogP contribution is -2.52. The molecule has 3 aliphatic rings. The van der Waals surface area contributed by atoms with Gasteiger partial charge < -0.3 is 20.2 Å². The number of aliphatic hydroxyl groups excluding tert-OH is 1. The van der Waals surface area contributed by atoms with Crippen LogP contribution in [0.1, 0.15) is 12.8 Å². The van der Waals surface area contributed by atoms with E-state index in [2.05, 4.69) is 5.32 Å². The van der Waals surface area contributed by atoms with E-state index in [1.54, 1.807) is 9.80 Å². The van der Waals surface area contributed by atoms with Crippen LogP contribution < -0.4 is 5.32 Å². The van der Waals surface area contributed by atoms with Gasteiger partial charge in [-0.1, -0.05) is 0 Å². The molecule has 0 bridgehead atoms. The Morgan fingerprint density at radius 3 is 2.37 bits per heavy atom. The van der Waals surface area contributed by atoms with Gasteiger partial charge in [0.2, 0.25) is 0 Å². The van der Waals surface area contributed by atoms with Crippen LogP contribution in [0.3, 0.4) is 0 Å². The van der Waals surface area contributed by atoms with Gasteiger partial charge in [-0.2, -0.15) is 0 Å². The summed E-state index contributed by atoms with van der Waals surface area (Å²) in [6, 6.07) is 0. The normalized spacial score (nSPS) is 34.5. The molecule has 0 aromatic heterocycles. The second-order valence-corrected chi connectivity index (χ2v) is 5.82. The second kappa shape index (κ2) is 5.09. The van der Waals surface area contributed by atoms with Crippen molar-refractivity contribution in [3.8, 4) is 0 Å². The summed E-state index contributed by atoms with van der Waals surface area (Å²) in [7, 11) is 0. The first-order chi connectivity index (χ1) is 9.16. The number of hydrogen-bond donors (Lipinski definition) is 2. The third kappa shape index (κ3) is 2.34. The van der Waals surface area contributed by atoms with Crippen molar-refractivity contribution in [2.75, 3.05) is 39.3 Å². The number of aliphatic hydroxyl groups is 1. The Balaban J connectivity index is 1.60. The number of hydrogen-bond acceptors (Lipinski definition) is 4. The van der Waals surface area contributed by atoms with Crippen molar-refractivity contribution in [1.29, 1.82) is 0 Å². The van der Waals surface area contributed by atoms with Crippen molar-refractivity contribution in [3.63, 3.8) is 0 Å². The highest BCUT2D eigenvalue weighted by molar-refractivity contribution is 6.35. The molecule has 3 unspecified atom stereocenters. The fourth-order valence-electron chi connectivity index (χ4n) is 3.54. The molecular weight excluding hydrogens is 246 g/mol. The molecule has 3 fully saturated rings. The quantitative estimate of drug-likeness (QED) is 0.532. The van der Waals surface area contributed by atoms with Crippen molar-refractivity contribution < 1.29 is 14.7 Å². The molecule has 3 rings (SSSR count). The maximum Gasteiger partial charge on any atom is 0.312 e. The van der Waals surface area contributed by atoms with E-state index in [9.17, 15) is 14.7 Å². The second-order valence-electron chi connectivity index (χ2n) is 5.82. The minimum absolute atomic E-state index is 0.180. The Labute approximate surface area is 112 Å². The van der Waals surface area contributed by atoms with Gasteiger partial charge in [0.25, 0.3) is 0 Å². The summed E-state index contributed by atoms with van der Waals surface area (Å²) in [5.41, 5.74) is 0. The predicted molar refractivity (Wildman–Crippen MR) is 68.3 cm³/mol. The van der Waals surface area contributed by atoms with Crippen molar-refractivity contribution in [2.24, 2.45) is 11.8 Å². The average Bonchev–Trinajstić information content (AvgIpc) is 3.01. The third-order valence-electron chi connectivity index (χ3n) is 4.69. The largest absolute Gasteiger partial charge is 0.393 e. The summed E-state index contributed by atoms with van der Waals surface area (Å²) < 4.78 is 0. The fraction of sp³-hybridized carbons (Fsp3) is 0.846. The summed E-state index contributed by atoms with van der Waals surface area (Å²) in [6.45, 7) is 3.90. The molecule has 0 radical (unpaired) electrons. The minimum atomic E-state index is -0.386. The van der Waals surface area contributed by atoms with E-state index >= 15 is 0 Å². The number of carbonyl (C=O) groups excluding carboxylic acids is 2. The summed E-state index contributed by atoms with van der Waals surface area (Å²) in [4.78, 5) is 27.6. The standard InChI is InChI=1S/C13H21N3O3/c17-11-2-1-9-7-16(8-10(9)11)13(19)12(18)15-5-3-14-4-6-15/h9-11,14,17H,1-8H2. The average molecular weight is 267 g/mol. The van der Waals surface area contributed by atoms with Crippen LogP contribution in [0.15, 0.2) is 0 Å². The lowest BCUT2D eigenvalue weighted by molar-refractivity contribution is -0.151. The molecule has 2 aliphatic heterocycles. The molecule has 6 nitrogen and oxygen atoms in total. The van der Waals surface area contributed by atoms with Crippen LogP contribution in [0.4, 0.5) is 0 Å². The first-order valence-corrected chi connectivity index (χ1v) is 7.14. The number of piperazine rings is 1. The van der Waals surface area contributed by atoms with Crippen LogP contribution >= 0.6 is 0 Å². The number of nitrogens with one attached hydrogen (secondary N) is 1. The van der Waals surface area contributed by atoms with Crippen LogP contribution in [-0.4, -0.2) is 72.1 Å². The summed E-state index contributed by atoms with van der Waals surface area (Å²) >= 11 is 0. The van der Waals surface area contributed by atoms with E-state index in [-0.39, 0.29) is 23.8 Å². The lowest BCUT2D eigenvalue weighted by atomic mass is 10.00. The Hall–Kier alpha value is -1.14. The fourth-order valence-corrected chi connectivity index (χ4v) is 3.54. The zero-order valence-corrected chi connectivity index (χ0v) is 11.0. The van der Waals surface area contributed by atoms with Gasteiger partial charge in [0, 0.05) is 45.2 Å². The monoisotopic (exact) mass is 267 g/mol.